The number of carbonyl (C=O) groups is 1. The molecule has 0 radical (unpaired) electrons. The van der Waals surface area contributed by atoms with Crippen LogP contribution in [-0.4, -0.2) is 27.8 Å². The predicted molar refractivity (Wildman–Crippen MR) is 91.9 cm³/mol. The summed E-state index contributed by atoms with van der Waals surface area (Å²) >= 11 is 1.48. The SMILES string of the molecule is CN(Cc1ccc(F)cc1)C(=O)Cc1csc(-c2ccccn2)n1. The molecule has 122 valence electrons. The first-order chi connectivity index (χ1) is 11.6. The number of hydrogen-bond acceptors (Lipinski definition) is 4. The molecule has 0 saturated heterocycles. The van der Waals surface area contributed by atoms with Gasteiger partial charge in [-0.15, -0.1) is 11.3 Å². The van der Waals surface area contributed by atoms with Crippen LogP contribution in [0.4, 0.5) is 4.39 Å². The second-order valence-electron chi connectivity index (χ2n) is 5.41. The molecule has 0 fully saturated rings. The van der Waals surface area contributed by atoms with E-state index in [0.29, 0.717) is 6.54 Å². The maximum Gasteiger partial charge on any atom is 0.228 e. The minimum Gasteiger partial charge on any atom is -0.341 e. The van der Waals surface area contributed by atoms with Gasteiger partial charge in [-0.25, -0.2) is 9.37 Å². The lowest BCUT2D eigenvalue weighted by Gasteiger charge is -2.16. The van der Waals surface area contributed by atoms with Crippen LogP contribution >= 0.6 is 11.3 Å². The zero-order valence-electron chi connectivity index (χ0n) is 13.1. The van der Waals surface area contributed by atoms with Crippen molar-refractivity contribution in [1.82, 2.24) is 14.9 Å². The molecule has 0 N–H and O–H groups in total. The summed E-state index contributed by atoms with van der Waals surface area (Å²) in [5, 5.41) is 2.69. The van der Waals surface area contributed by atoms with Gasteiger partial charge in [-0.2, -0.15) is 0 Å². The molecule has 0 saturated carbocycles. The van der Waals surface area contributed by atoms with Crippen LogP contribution in [-0.2, 0) is 17.8 Å². The Labute approximate surface area is 143 Å². The van der Waals surface area contributed by atoms with Crippen LogP contribution in [0.15, 0.2) is 54.0 Å². The molecule has 4 nitrogen and oxygen atoms in total. The molecule has 0 aliphatic rings. The summed E-state index contributed by atoms with van der Waals surface area (Å²) < 4.78 is 12.9. The highest BCUT2D eigenvalue weighted by atomic mass is 32.1. The maximum absolute atomic E-state index is 12.9. The van der Waals surface area contributed by atoms with E-state index in [1.165, 1.54) is 23.5 Å². The monoisotopic (exact) mass is 341 g/mol. The van der Waals surface area contributed by atoms with Crippen LogP contribution in [0.2, 0.25) is 0 Å². The van der Waals surface area contributed by atoms with Gasteiger partial charge in [0.15, 0.2) is 0 Å². The number of likely N-dealkylation sites (N-methyl/N-ethyl adjacent to an activating group) is 1. The molecule has 0 aliphatic heterocycles. The topological polar surface area (TPSA) is 46.1 Å². The van der Waals surface area contributed by atoms with Gasteiger partial charge in [-0.3, -0.25) is 9.78 Å². The molecule has 0 unspecified atom stereocenters. The fourth-order valence-corrected chi connectivity index (χ4v) is 3.03. The van der Waals surface area contributed by atoms with Crippen LogP contribution in [0.3, 0.4) is 0 Å². The van der Waals surface area contributed by atoms with E-state index in [1.807, 2.05) is 23.6 Å². The van der Waals surface area contributed by atoms with E-state index in [9.17, 15) is 9.18 Å². The van der Waals surface area contributed by atoms with Crippen molar-refractivity contribution in [3.63, 3.8) is 0 Å². The fourth-order valence-electron chi connectivity index (χ4n) is 2.24. The van der Waals surface area contributed by atoms with Gasteiger partial charge in [0.2, 0.25) is 5.91 Å². The van der Waals surface area contributed by atoms with Crippen molar-refractivity contribution >= 4 is 17.2 Å². The number of amides is 1. The van der Waals surface area contributed by atoms with Crippen LogP contribution < -0.4 is 0 Å². The summed E-state index contributed by atoms with van der Waals surface area (Å²) in [6.07, 6.45) is 1.96. The van der Waals surface area contributed by atoms with E-state index < -0.39 is 0 Å². The van der Waals surface area contributed by atoms with Crippen molar-refractivity contribution in [1.29, 1.82) is 0 Å². The molecule has 2 heterocycles. The van der Waals surface area contributed by atoms with Gasteiger partial charge in [0.1, 0.15) is 10.8 Å². The summed E-state index contributed by atoms with van der Waals surface area (Å²) in [6, 6.07) is 11.8. The Morgan fingerprint density at radius 1 is 1.21 bits per heavy atom. The lowest BCUT2D eigenvalue weighted by atomic mass is 10.2. The molecule has 24 heavy (non-hydrogen) atoms. The summed E-state index contributed by atoms with van der Waals surface area (Å²) in [6.45, 7) is 0.441. The van der Waals surface area contributed by atoms with Crippen molar-refractivity contribution in [2.45, 2.75) is 13.0 Å². The average molecular weight is 341 g/mol. The number of nitrogens with zero attached hydrogens (tertiary/aromatic N) is 3. The molecule has 1 aromatic carbocycles. The molecule has 1 amide bonds. The summed E-state index contributed by atoms with van der Waals surface area (Å²) in [4.78, 5) is 22.7. The Hall–Kier alpha value is -2.60. The molecule has 0 atom stereocenters. The lowest BCUT2D eigenvalue weighted by Crippen LogP contribution is -2.27. The zero-order chi connectivity index (χ0) is 16.9. The summed E-state index contributed by atoms with van der Waals surface area (Å²) in [5.74, 6) is -0.311. The second kappa shape index (κ2) is 7.31. The van der Waals surface area contributed by atoms with E-state index >= 15 is 0 Å². The zero-order valence-corrected chi connectivity index (χ0v) is 14.0. The third-order valence-electron chi connectivity index (χ3n) is 3.53. The minimum atomic E-state index is -0.280. The Bertz CT molecular complexity index is 818. The number of thiazole rings is 1. The molecule has 0 spiro atoms. The first-order valence-corrected chi connectivity index (χ1v) is 8.34. The van der Waals surface area contributed by atoms with Crippen molar-refractivity contribution in [3.8, 4) is 10.7 Å². The first-order valence-electron chi connectivity index (χ1n) is 7.46. The number of carbonyl (C=O) groups excluding carboxylic acids is 1. The number of hydrogen-bond donors (Lipinski definition) is 0. The van der Waals surface area contributed by atoms with E-state index in [2.05, 4.69) is 9.97 Å². The van der Waals surface area contributed by atoms with Crippen molar-refractivity contribution < 1.29 is 9.18 Å². The number of benzene rings is 1. The Balaban J connectivity index is 1.62. The highest BCUT2D eigenvalue weighted by Crippen LogP contribution is 2.21. The number of pyridine rings is 1. The van der Waals surface area contributed by atoms with Gasteiger partial charge in [-0.05, 0) is 29.8 Å². The van der Waals surface area contributed by atoms with E-state index in [-0.39, 0.29) is 18.1 Å². The van der Waals surface area contributed by atoms with Crippen molar-refractivity contribution in [2.24, 2.45) is 0 Å². The number of halogens is 1. The van der Waals surface area contributed by atoms with Crippen molar-refractivity contribution in [3.05, 3.63) is 71.1 Å². The van der Waals surface area contributed by atoms with E-state index in [4.69, 9.17) is 0 Å². The molecular formula is C18H16FN3OS. The quantitative estimate of drug-likeness (QED) is 0.713. The normalized spacial score (nSPS) is 10.6. The fraction of sp³-hybridized carbons (Fsp3) is 0.167. The smallest absolute Gasteiger partial charge is 0.228 e. The average Bonchev–Trinajstić information content (AvgIpc) is 3.06. The highest BCUT2D eigenvalue weighted by molar-refractivity contribution is 7.13. The summed E-state index contributed by atoms with van der Waals surface area (Å²) in [7, 11) is 1.73. The molecule has 6 heteroatoms. The highest BCUT2D eigenvalue weighted by Gasteiger charge is 2.13. The molecular weight excluding hydrogens is 325 g/mol. The third kappa shape index (κ3) is 4.02. The lowest BCUT2D eigenvalue weighted by molar-refractivity contribution is -0.129. The van der Waals surface area contributed by atoms with E-state index in [1.54, 1.807) is 30.3 Å². The maximum atomic E-state index is 12.9. The van der Waals surface area contributed by atoms with Crippen LogP contribution in [0, 0.1) is 5.82 Å². The standard InChI is InChI=1S/C18H16FN3OS/c1-22(11-13-5-7-14(19)8-6-13)17(23)10-15-12-24-18(21-15)16-4-2-3-9-20-16/h2-9,12H,10-11H2,1H3. The minimum absolute atomic E-state index is 0.0304. The summed E-state index contributed by atoms with van der Waals surface area (Å²) in [5.41, 5.74) is 2.43. The molecule has 2 aromatic heterocycles. The van der Waals surface area contributed by atoms with Crippen molar-refractivity contribution in [2.75, 3.05) is 7.05 Å². The van der Waals surface area contributed by atoms with Crippen LogP contribution in [0.25, 0.3) is 10.7 Å². The predicted octanol–water partition coefficient (Wildman–Crippen LogP) is 3.55. The van der Waals surface area contributed by atoms with Gasteiger partial charge >= 0.3 is 0 Å². The largest absolute Gasteiger partial charge is 0.341 e. The number of aromatic nitrogens is 2. The van der Waals surface area contributed by atoms with Gasteiger partial charge in [0.05, 0.1) is 17.8 Å². The molecule has 0 aliphatic carbocycles. The first kappa shape index (κ1) is 16.3. The van der Waals surface area contributed by atoms with Gasteiger partial charge in [-0.1, -0.05) is 18.2 Å². The third-order valence-corrected chi connectivity index (χ3v) is 4.44. The molecule has 3 rings (SSSR count). The molecule has 0 bridgehead atoms. The second-order valence-corrected chi connectivity index (χ2v) is 6.27. The van der Waals surface area contributed by atoms with Crippen LogP contribution in [0.1, 0.15) is 11.3 Å². The number of rotatable bonds is 5. The van der Waals surface area contributed by atoms with Gasteiger partial charge in [0.25, 0.3) is 0 Å². The Morgan fingerprint density at radius 2 is 2.00 bits per heavy atom. The van der Waals surface area contributed by atoms with Crippen LogP contribution in [0.5, 0.6) is 0 Å². The Morgan fingerprint density at radius 3 is 2.71 bits per heavy atom. The van der Waals surface area contributed by atoms with Gasteiger partial charge < -0.3 is 4.90 Å². The van der Waals surface area contributed by atoms with E-state index in [0.717, 1.165) is 22.0 Å². The Kier molecular flexibility index (Phi) is 4.96. The van der Waals surface area contributed by atoms with Gasteiger partial charge in [0, 0.05) is 25.2 Å². The molecule has 3 aromatic rings.